The number of aromatic nitrogens is 2. The molecular weight excluding hydrogens is 370 g/mol. The number of hydrogen-bond donors (Lipinski definition) is 1. The van der Waals surface area contributed by atoms with Gasteiger partial charge in [-0.15, -0.1) is 6.58 Å². The molecular formula is C22H23N3O2S. The van der Waals surface area contributed by atoms with Gasteiger partial charge in [0.2, 0.25) is 0 Å². The number of hydrogen-bond acceptors (Lipinski definition) is 6. The van der Waals surface area contributed by atoms with E-state index < -0.39 is 0 Å². The number of thiophene rings is 1. The standard InChI is InChI=1S/C22H23N3O2S/c1-4-6-19-15(3)23-21(17-11-12-28-14-17)25-22(19)24-18-9-7-16(8-10-18)13-20(26)27-5-2/h4,7-12,14H,1,5-6,13H2,2-3H3,(H,23,24,25). The van der Waals surface area contributed by atoms with Gasteiger partial charge in [0.1, 0.15) is 5.82 Å². The van der Waals surface area contributed by atoms with E-state index in [1.165, 1.54) is 0 Å². The molecule has 0 aliphatic rings. The van der Waals surface area contributed by atoms with Crippen LogP contribution in [0.15, 0.2) is 53.7 Å². The highest BCUT2D eigenvalue weighted by atomic mass is 32.1. The Morgan fingerprint density at radius 1 is 1.25 bits per heavy atom. The average Bonchev–Trinajstić information content (AvgIpc) is 3.21. The van der Waals surface area contributed by atoms with Gasteiger partial charge >= 0.3 is 5.97 Å². The van der Waals surface area contributed by atoms with Crippen LogP contribution in [0.1, 0.15) is 23.7 Å². The molecule has 0 aliphatic carbocycles. The number of esters is 1. The van der Waals surface area contributed by atoms with Crippen molar-refractivity contribution < 1.29 is 9.53 Å². The Balaban J connectivity index is 1.86. The summed E-state index contributed by atoms with van der Waals surface area (Å²) in [5.74, 6) is 1.25. The average molecular weight is 394 g/mol. The van der Waals surface area contributed by atoms with E-state index in [0.717, 1.165) is 33.9 Å². The van der Waals surface area contributed by atoms with Crippen LogP contribution in [0, 0.1) is 6.92 Å². The molecule has 3 aromatic rings. The molecule has 0 fully saturated rings. The molecule has 1 aromatic carbocycles. The minimum Gasteiger partial charge on any atom is -0.466 e. The lowest BCUT2D eigenvalue weighted by molar-refractivity contribution is -0.142. The molecule has 0 unspecified atom stereocenters. The van der Waals surface area contributed by atoms with E-state index in [-0.39, 0.29) is 12.4 Å². The van der Waals surface area contributed by atoms with Crippen molar-refractivity contribution in [1.82, 2.24) is 9.97 Å². The van der Waals surface area contributed by atoms with Crippen molar-refractivity contribution in [2.45, 2.75) is 26.7 Å². The van der Waals surface area contributed by atoms with Gasteiger partial charge in [-0.2, -0.15) is 11.3 Å². The number of allylic oxidation sites excluding steroid dienone is 1. The van der Waals surface area contributed by atoms with Gasteiger partial charge < -0.3 is 10.1 Å². The van der Waals surface area contributed by atoms with Gasteiger partial charge in [0.05, 0.1) is 13.0 Å². The second kappa shape index (κ2) is 9.28. The van der Waals surface area contributed by atoms with E-state index in [2.05, 4.69) is 16.9 Å². The van der Waals surface area contributed by atoms with Crippen LogP contribution in [0.5, 0.6) is 0 Å². The smallest absolute Gasteiger partial charge is 0.310 e. The monoisotopic (exact) mass is 393 g/mol. The Kier molecular flexibility index (Phi) is 6.55. The third kappa shape index (κ3) is 4.84. The zero-order valence-electron chi connectivity index (χ0n) is 16.1. The van der Waals surface area contributed by atoms with E-state index in [9.17, 15) is 4.79 Å². The summed E-state index contributed by atoms with van der Waals surface area (Å²) >= 11 is 1.62. The first-order valence-electron chi connectivity index (χ1n) is 9.13. The first-order valence-corrected chi connectivity index (χ1v) is 10.1. The molecule has 0 aliphatic heterocycles. The zero-order valence-corrected chi connectivity index (χ0v) is 16.9. The lowest BCUT2D eigenvalue weighted by Gasteiger charge is -2.14. The highest BCUT2D eigenvalue weighted by molar-refractivity contribution is 7.08. The summed E-state index contributed by atoms with van der Waals surface area (Å²) in [7, 11) is 0. The largest absolute Gasteiger partial charge is 0.466 e. The minimum atomic E-state index is -0.219. The Morgan fingerprint density at radius 2 is 2.04 bits per heavy atom. The fourth-order valence-corrected chi connectivity index (χ4v) is 3.46. The van der Waals surface area contributed by atoms with Crippen LogP contribution in [-0.4, -0.2) is 22.5 Å². The van der Waals surface area contributed by atoms with Gasteiger partial charge in [-0.3, -0.25) is 4.79 Å². The molecule has 0 amide bonds. The van der Waals surface area contributed by atoms with Gasteiger partial charge in [0.15, 0.2) is 5.82 Å². The Hall–Kier alpha value is -2.99. The van der Waals surface area contributed by atoms with Crippen LogP contribution in [0.3, 0.4) is 0 Å². The van der Waals surface area contributed by atoms with Crippen LogP contribution < -0.4 is 5.32 Å². The number of carbonyl (C=O) groups excluding carboxylic acids is 1. The molecule has 28 heavy (non-hydrogen) atoms. The molecule has 144 valence electrons. The maximum atomic E-state index is 11.6. The molecule has 1 N–H and O–H groups in total. The molecule has 5 nitrogen and oxygen atoms in total. The summed E-state index contributed by atoms with van der Waals surface area (Å²) in [5.41, 5.74) is 4.76. The van der Waals surface area contributed by atoms with Crippen LogP contribution >= 0.6 is 11.3 Å². The van der Waals surface area contributed by atoms with Gasteiger partial charge in [-0.1, -0.05) is 18.2 Å². The van der Waals surface area contributed by atoms with E-state index in [4.69, 9.17) is 9.72 Å². The molecule has 0 radical (unpaired) electrons. The Labute approximate surface area is 169 Å². The first kappa shape index (κ1) is 19.8. The summed E-state index contributed by atoms with van der Waals surface area (Å²) in [4.78, 5) is 21.0. The maximum absolute atomic E-state index is 11.6. The Bertz CT molecular complexity index is 951. The molecule has 3 rings (SSSR count). The first-order chi connectivity index (χ1) is 13.6. The quantitative estimate of drug-likeness (QED) is 0.426. The Morgan fingerprint density at radius 3 is 2.68 bits per heavy atom. The lowest BCUT2D eigenvalue weighted by atomic mass is 10.1. The number of benzene rings is 1. The molecule has 2 heterocycles. The van der Waals surface area contributed by atoms with Crippen LogP contribution in [0.4, 0.5) is 11.5 Å². The summed E-state index contributed by atoms with van der Waals surface area (Å²) < 4.78 is 5.00. The van der Waals surface area contributed by atoms with Crippen molar-refractivity contribution in [3.8, 4) is 11.4 Å². The third-order valence-electron chi connectivity index (χ3n) is 4.21. The van der Waals surface area contributed by atoms with Crippen LogP contribution in [-0.2, 0) is 22.4 Å². The fourth-order valence-electron chi connectivity index (χ4n) is 2.83. The lowest BCUT2D eigenvalue weighted by Crippen LogP contribution is -2.07. The SMILES string of the molecule is C=CCc1c(C)nc(-c2ccsc2)nc1Nc1ccc(CC(=O)OCC)cc1. The molecule has 0 saturated carbocycles. The number of rotatable bonds is 8. The number of carbonyl (C=O) groups is 1. The second-order valence-corrected chi connectivity index (χ2v) is 7.05. The predicted octanol–water partition coefficient (Wildman–Crippen LogP) is 5.09. The summed E-state index contributed by atoms with van der Waals surface area (Å²) in [6.07, 6.45) is 2.80. The topological polar surface area (TPSA) is 64.1 Å². The van der Waals surface area contributed by atoms with Crippen molar-refractivity contribution in [2.24, 2.45) is 0 Å². The molecule has 6 heteroatoms. The number of nitrogens with one attached hydrogen (secondary N) is 1. The van der Waals surface area contributed by atoms with E-state index in [0.29, 0.717) is 18.9 Å². The van der Waals surface area contributed by atoms with Crippen molar-refractivity contribution in [1.29, 1.82) is 0 Å². The number of ether oxygens (including phenoxy) is 1. The predicted molar refractivity (Wildman–Crippen MR) is 114 cm³/mol. The normalized spacial score (nSPS) is 10.5. The highest BCUT2D eigenvalue weighted by Gasteiger charge is 2.13. The van der Waals surface area contributed by atoms with Gasteiger partial charge in [-0.25, -0.2) is 9.97 Å². The van der Waals surface area contributed by atoms with E-state index in [1.807, 2.05) is 54.1 Å². The summed E-state index contributed by atoms with van der Waals surface area (Å²) in [5, 5.41) is 7.45. The number of nitrogens with zero attached hydrogens (tertiary/aromatic N) is 2. The molecule has 0 atom stereocenters. The molecule has 0 spiro atoms. The molecule has 0 bridgehead atoms. The zero-order chi connectivity index (χ0) is 19.9. The van der Waals surface area contributed by atoms with Crippen molar-refractivity contribution in [2.75, 3.05) is 11.9 Å². The highest BCUT2D eigenvalue weighted by Crippen LogP contribution is 2.27. The van der Waals surface area contributed by atoms with Gasteiger partial charge in [0.25, 0.3) is 0 Å². The minimum absolute atomic E-state index is 0.219. The summed E-state index contributed by atoms with van der Waals surface area (Å²) in [6, 6.07) is 9.73. The summed E-state index contributed by atoms with van der Waals surface area (Å²) in [6.45, 7) is 8.03. The van der Waals surface area contributed by atoms with Crippen LogP contribution in [0.25, 0.3) is 11.4 Å². The van der Waals surface area contributed by atoms with Crippen molar-refractivity contribution in [3.63, 3.8) is 0 Å². The van der Waals surface area contributed by atoms with Crippen molar-refractivity contribution >= 4 is 28.8 Å². The fraction of sp³-hybridized carbons (Fsp3) is 0.227. The van der Waals surface area contributed by atoms with E-state index in [1.54, 1.807) is 18.3 Å². The van der Waals surface area contributed by atoms with Gasteiger partial charge in [0, 0.05) is 27.9 Å². The molecule has 0 saturated heterocycles. The number of aryl methyl sites for hydroxylation is 1. The van der Waals surface area contributed by atoms with E-state index >= 15 is 0 Å². The van der Waals surface area contributed by atoms with Crippen molar-refractivity contribution in [3.05, 3.63) is 70.6 Å². The number of anilines is 2. The maximum Gasteiger partial charge on any atom is 0.310 e. The second-order valence-electron chi connectivity index (χ2n) is 6.27. The molecule has 2 aromatic heterocycles. The third-order valence-corrected chi connectivity index (χ3v) is 4.90. The van der Waals surface area contributed by atoms with Gasteiger partial charge in [-0.05, 0) is 49.4 Å². The van der Waals surface area contributed by atoms with Crippen LogP contribution in [0.2, 0.25) is 0 Å².